The summed E-state index contributed by atoms with van der Waals surface area (Å²) in [5.74, 6) is 0. The number of hydrogen-bond acceptors (Lipinski definition) is 9. The molecule has 2 aromatic heterocycles. The molecular weight excluding hydrogens is 1050 g/mol. The third kappa shape index (κ3) is 8.48. The van der Waals surface area contributed by atoms with Crippen molar-refractivity contribution in [2.75, 3.05) is 0 Å². The summed E-state index contributed by atoms with van der Waals surface area (Å²) in [5, 5.41) is 95.3. The van der Waals surface area contributed by atoms with Crippen molar-refractivity contribution in [3.8, 4) is 122 Å². The molecule has 0 aliphatic heterocycles. The highest BCUT2D eigenvalue weighted by atomic mass is 19.4. The van der Waals surface area contributed by atoms with Crippen LogP contribution in [0.2, 0.25) is 0 Å². The van der Waals surface area contributed by atoms with Crippen LogP contribution in [0.3, 0.4) is 0 Å². The first kappa shape index (κ1) is 51.7. The zero-order valence-corrected chi connectivity index (χ0v) is 43.4. The van der Waals surface area contributed by atoms with E-state index in [1.54, 1.807) is 57.7 Å². The first-order valence-electron chi connectivity index (χ1n) is 25.6. The highest BCUT2D eigenvalue weighted by Crippen LogP contribution is 2.46. The molecule has 0 bridgehead atoms. The van der Waals surface area contributed by atoms with E-state index in [0.717, 1.165) is 6.07 Å². The minimum atomic E-state index is -4.86. The van der Waals surface area contributed by atoms with E-state index in [2.05, 4.69) is 54.6 Å². The molecule has 12 rings (SSSR count). The molecule has 0 saturated heterocycles. The van der Waals surface area contributed by atoms with E-state index in [0.29, 0.717) is 88.1 Å². The van der Waals surface area contributed by atoms with Gasteiger partial charge < -0.3 is 9.13 Å². The molecule has 12 aromatic rings. The Hall–Kier alpha value is -13.0. The van der Waals surface area contributed by atoms with Crippen molar-refractivity contribution >= 4 is 43.6 Å². The maximum Gasteiger partial charge on any atom is 0.417 e. The number of nitriles is 9. The summed E-state index contributed by atoms with van der Waals surface area (Å²) in [6.07, 6.45) is -4.86. The number of hydrogen-bond donors (Lipinski definition) is 0. The molecule has 0 aliphatic rings. The molecule has 0 saturated carbocycles. The zero-order chi connectivity index (χ0) is 58.6. The number of aromatic nitrogens is 2. The minimum absolute atomic E-state index is 0.0215. The molecule has 0 spiro atoms. The Balaban J connectivity index is 1.27. The van der Waals surface area contributed by atoms with Gasteiger partial charge in [-0.15, -0.1) is 0 Å². The lowest BCUT2D eigenvalue weighted by Gasteiger charge is -2.20. The first-order valence-corrected chi connectivity index (χ1v) is 25.6. The van der Waals surface area contributed by atoms with Crippen molar-refractivity contribution in [3.63, 3.8) is 0 Å². The van der Waals surface area contributed by atoms with Crippen LogP contribution in [0.25, 0.3) is 111 Å². The largest absolute Gasteiger partial charge is 0.417 e. The van der Waals surface area contributed by atoms with Crippen molar-refractivity contribution in [1.82, 2.24) is 9.13 Å². The molecule has 2 heterocycles. The van der Waals surface area contributed by atoms with Gasteiger partial charge in [0.15, 0.2) is 0 Å². The Bertz CT molecular complexity index is 4760. The first-order chi connectivity index (χ1) is 40.8. The Morgan fingerprint density at radius 1 is 0.286 bits per heavy atom. The molecule has 14 heteroatoms. The van der Waals surface area contributed by atoms with E-state index in [4.69, 9.17) is 0 Å². The van der Waals surface area contributed by atoms with Crippen LogP contribution in [0.5, 0.6) is 0 Å². The third-order valence-electron chi connectivity index (χ3n) is 15.1. The quantitative estimate of drug-likeness (QED) is 0.148. The normalized spacial score (nSPS) is 10.9. The lowest BCUT2D eigenvalue weighted by Crippen LogP contribution is -2.09. The van der Waals surface area contributed by atoms with E-state index in [1.807, 2.05) is 72.8 Å². The summed E-state index contributed by atoms with van der Waals surface area (Å²) in [7, 11) is 0. The highest BCUT2D eigenvalue weighted by molar-refractivity contribution is 6.14. The van der Waals surface area contributed by atoms with Crippen LogP contribution in [0.15, 0.2) is 182 Å². The van der Waals surface area contributed by atoms with Gasteiger partial charge in [-0.25, -0.2) is 0 Å². The predicted octanol–water partition coefficient (Wildman–Crippen LogP) is 16.1. The monoisotopic (exact) mass is 1080 g/mol. The van der Waals surface area contributed by atoms with E-state index in [1.165, 1.54) is 54.6 Å². The van der Waals surface area contributed by atoms with E-state index < -0.39 is 11.7 Å². The molecule has 386 valence electrons. The van der Waals surface area contributed by atoms with Gasteiger partial charge in [-0.2, -0.15) is 60.5 Å². The van der Waals surface area contributed by atoms with Crippen LogP contribution >= 0.6 is 0 Å². The van der Waals surface area contributed by atoms with Gasteiger partial charge in [0.1, 0.15) is 11.6 Å². The van der Waals surface area contributed by atoms with Crippen LogP contribution in [0.1, 0.15) is 55.6 Å². The molecule has 0 N–H and O–H groups in total. The van der Waals surface area contributed by atoms with Gasteiger partial charge in [-0.1, -0.05) is 91.0 Å². The number of nitrogens with zero attached hydrogens (tertiary/aromatic N) is 11. The molecule has 0 atom stereocenters. The third-order valence-corrected chi connectivity index (χ3v) is 15.1. The van der Waals surface area contributed by atoms with Gasteiger partial charge in [0.05, 0.1) is 132 Å². The summed E-state index contributed by atoms with van der Waals surface area (Å²) in [6.45, 7) is 0. The van der Waals surface area contributed by atoms with Gasteiger partial charge in [0.25, 0.3) is 0 Å². The Kier molecular flexibility index (Phi) is 12.5. The fourth-order valence-electron chi connectivity index (χ4n) is 11.3. The van der Waals surface area contributed by atoms with Crippen LogP contribution in [0.4, 0.5) is 13.2 Å². The fraction of sp³-hybridized carbons (Fsp3) is 0.0143. The van der Waals surface area contributed by atoms with E-state index >= 15 is 13.2 Å². The Morgan fingerprint density at radius 2 is 0.595 bits per heavy atom. The molecule has 11 nitrogen and oxygen atoms in total. The molecule has 0 amide bonds. The number of alkyl halides is 3. The van der Waals surface area contributed by atoms with E-state index in [9.17, 15) is 47.4 Å². The molecule has 0 unspecified atom stereocenters. The zero-order valence-electron chi connectivity index (χ0n) is 43.4. The Labute approximate surface area is 476 Å². The van der Waals surface area contributed by atoms with Crippen molar-refractivity contribution in [2.45, 2.75) is 6.18 Å². The van der Waals surface area contributed by atoms with Crippen LogP contribution in [-0.2, 0) is 6.18 Å². The molecule has 0 aliphatic carbocycles. The van der Waals surface area contributed by atoms with Crippen LogP contribution in [-0.4, -0.2) is 9.13 Å². The summed E-state index contributed by atoms with van der Waals surface area (Å²) in [6, 6.07) is 68.5. The molecule has 0 fully saturated rings. The number of benzene rings is 10. The highest BCUT2D eigenvalue weighted by Gasteiger charge is 2.34. The number of halogens is 3. The standard InChI is InChI=1S/C70H30F3N11/c71-70(72,73)63-4-2-1-3-57(63)48-29-68(83-64-25-44(53-13-5-40(31-74)21-49(53)35-78)9-17-58(64)59-18-10-45(26-65(59)83)54-14-6-41(32-75)22-50(54)36-79)62(39-82)69(30-48)84-66-27-46(55-15-7-42(33-76)23-51(55)37-80)11-19-60(66)61-20-12-47(28-67(61)84)56-16-8-43(34-77)24-52(56)38-81/h1-30H. The summed E-state index contributed by atoms with van der Waals surface area (Å²) in [4.78, 5) is 0. The second kappa shape index (κ2) is 20.3. The summed E-state index contributed by atoms with van der Waals surface area (Å²) < 4.78 is 50.0. The molecular formula is C70H30F3N11. The van der Waals surface area contributed by atoms with Crippen molar-refractivity contribution < 1.29 is 13.2 Å². The lowest BCUT2D eigenvalue weighted by atomic mass is 9.95. The maximum atomic E-state index is 15.5. The smallest absolute Gasteiger partial charge is 0.308 e. The summed E-state index contributed by atoms with van der Waals surface area (Å²) in [5.41, 5.74) is 6.77. The van der Waals surface area contributed by atoms with Crippen LogP contribution in [0, 0.1) is 102 Å². The van der Waals surface area contributed by atoms with Crippen molar-refractivity contribution in [2.24, 2.45) is 0 Å². The molecule has 10 aromatic carbocycles. The maximum absolute atomic E-state index is 15.5. The summed E-state index contributed by atoms with van der Waals surface area (Å²) >= 11 is 0. The fourth-order valence-corrected chi connectivity index (χ4v) is 11.3. The van der Waals surface area contributed by atoms with Gasteiger partial charge >= 0.3 is 6.18 Å². The lowest BCUT2D eigenvalue weighted by molar-refractivity contribution is -0.137. The van der Waals surface area contributed by atoms with Gasteiger partial charge in [0.2, 0.25) is 0 Å². The van der Waals surface area contributed by atoms with Crippen LogP contribution < -0.4 is 0 Å². The SMILES string of the molecule is N#Cc1ccc(-c2ccc3c4ccc(-c5ccc(C#N)cc5C#N)cc4n(-c4cc(-c5ccccc5C(F)(F)F)cc(-n5c6cc(-c7ccc(C#N)cc7C#N)ccc6c6ccc(-c7ccc(C#N)cc7C#N)cc65)c4C#N)c3c2)c(C#N)c1. The van der Waals surface area contributed by atoms with E-state index in [-0.39, 0.29) is 72.6 Å². The second-order valence-electron chi connectivity index (χ2n) is 19.6. The van der Waals surface area contributed by atoms with Gasteiger partial charge in [0, 0.05) is 21.5 Å². The van der Waals surface area contributed by atoms with Crippen molar-refractivity contribution in [1.29, 1.82) is 47.4 Å². The Morgan fingerprint density at radius 3 is 0.869 bits per heavy atom. The van der Waals surface area contributed by atoms with Gasteiger partial charge in [-0.05, 0) is 147 Å². The second-order valence-corrected chi connectivity index (χ2v) is 19.6. The van der Waals surface area contributed by atoms with Gasteiger partial charge in [-0.3, -0.25) is 0 Å². The van der Waals surface area contributed by atoms with Crippen molar-refractivity contribution in [3.05, 3.63) is 238 Å². The molecule has 84 heavy (non-hydrogen) atoms. The predicted molar refractivity (Wildman–Crippen MR) is 310 cm³/mol. The average Bonchev–Trinajstić information content (AvgIpc) is 2.68. The minimum Gasteiger partial charge on any atom is -0.308 e. The number of fused-ring (bicyclic) bond motifs is 6. The average molecular weight is 1080 g/mol. The topological polar surface area (TPSA) is 224 Å². The molecule has 0 radical (unpaired) electrons. The number of rotatable bonds is 7.